The summed E-state index contributed by atoms with van der Waals surface area (Å²) >= 11 is 0. The number of carbonyl (C=O) groups excluding carboxylic acids is 1. The Bertz CT molecular complexity index is 1670. The van der Waals surface area contributed by atoms with Crippen LogP contribution in [-0.2, 0) is 12.0 Å². The number of likely N-dealkylation sites (tertiary alicyclic amines) is 1. The van der Waals surface area contributed by atoms with Crippen molar-refractivity contribution in [3.05, 3.63) is 119 Å². The summed E-state index contributed by atoms with van der Waals surface area (Å²) in [4.78, 5) is 20.5. The van der Waals surface area contributed by atoms with Crippen LogP contribution >= 0.6 is 0 Å². The lowest BCUT2D eigenvalue weighted by Gasteiger charge is -2.32. The Morgan fingerprint density at radius 1 is 1.00 bits per heavy atom. The molecule has 5 aromatic rings. The van der Waals surface area contributed by atoms with Gasteiger partial charge >= 0.3 is 0 Å². The maximum Gasteiger partial charge on any atom is 0.254 e. The van der Waals surface area contributed by atoms with Gasteiger partial charge in [0.1, 0.15) is 11.6 Å². The Kier molecular flexibility index (Phi) is 6.41. The maximum atomic E-state index is 13.8. The van der Waals surface area contributed by atoms with Gasteiger partial charge in [-0.25, -0.2) is 14.1 Å². The van der Waals surface area contributed by atoms with Crippen LogP contribution in [0.15, 0.2) is 85.1 Å². The second-order valence-electron chi connectivity index (χ2n) is 11.0. The molecule has 1 aliphatic heterocycles. The highest BCUT2D eigenvalue weighted by Crippen LogP contribution is 2.52. The van der Waals surface area contributed by atoms with Gasteiger partial charge in [0.05, 0.1) is 12.2 Å². The van der Waals surface area contributed by atoms with Gasteiger partial charge in [-0.15, -0.1) is 5.10 Å². The molecule has 206 valence electrons. The number of nitrogens with one attached hydrogen (secondary N) is 1. The zero-order valence-corrected chi connectivity index (χ0v) is 22.6. The van der Waals surface area contributed by atoms with E-state index in [4.69, 9.17) is 4.98 Å². The molecule has 2 fully saturated rings. The number of amides is 1. The molecule has 8 nitrogen and oxygen atoms in total. The van der Waals surface area contributed by atoms with E-state index in [9.17, 15) is 9.18 Å². The summed E-state index contributed by atoms with van der Waals surface area (Å²) in [6.45, 7) is 1.73. The van der Waals surface area contributed by atoms with E-state index in [2.05, 4.69) is 20.5 Å². The van der Waals surface area contributed by atoms with Crippen molar-refractivity contribution >= 4 is 5.91 Å². The van der Waals surface area contributed by atoms with Crippen molar-refractivity contribution in [3.8, 4) is 11.4 Å². The molecule has 0 spiro atoms. The Balaban J connectivity index is 1.07. The van der Waals surface area contributed by atoms with E-state index < -0.39 is 0 Å². The molecule has 1 atom stereocenters. The van der Waals surface area contributed by atoms with Crippen molar-refractivity contribution in [2.75, 3.05) is 13.1 Å². The molecule has 7 rings (SSSR count). The number of H-pyrrole nitrogens is 1. The molecule has 9 heteroatoms. The number of nitrogens with zero attached hydrogens (tertiary/aromatic N) is 6. The number of hydrogen-bond donors (Lipinski definition) is 1. The Hall–Kier alpha value is -4.66. The van der Waals surface area contributed by atoms with Crippen LogP contribution in [0.2, 0.25) is 0 Å². The fraction of sp³-hybridized carbons (Fsp3) is 0.281. The predicted molar refractivity (Wildman–Crippen MR) is 152 cm³/mol. The van der Waals surface area contributed by atoms with Crippen LogP contribution in [0.25, 0.3) is 11.4 Å². The normalized spacial score (nSPS) is 17.9. The smallest absolute Gasteiger partial charge is 0.254 e. The van der Waals surface area contributed by atoms with Gasteiger partial charge in [-0.1, -0.05) is 65.9 Å². The molecule has 3 aromatic carbocycles. The van der Waals surface area contributed by atoms with E-state index in [1.54, 1.807) is 4.68 Å². The van der Waals surface area contributed by atoms with E-state index >= 15 is 0 Å². The minimum atomic E-state index is -0.243. The third-order valence-corrected chi connectivity index (χ3v) is 8.39. The van der Waals surface area contributed by atoms with Gasteiger partial charge in [-0.2, -0.15) is 5.10 Å². The van der Waals surface area contributed by atoms with Crippen molar-refractivity contribution in [1.29, 1.82) is 0 Å². The molecule has 1 unspecified atom stereocenters. The van der Waals surface area contributed by atoms with Crippen molar-refractivity contribution in [2.45, 2.75) is 43.6 Å². The zero-order chi connectivity index (χ0) is 27.8. The highest BCUT2D eigenvalue weighted by atomic mass is 19.1. The van der Waals surface area contributed by atoms with Crippen molar-refractivity contribution in [3.63, 3.8) is 0 Å². The summed E-state index contributed by atoms with van der Waals surface area (Å²) in [6, 6.07) is 24.3. The number of aromatic nitrogens is 6. The Labute approximate surface area is 237 Å². The highest BCUT2D eigenvalue weighted by molar-refractivity contribution is 5.95. The van der Waals surface area contributed by atoms with Crippen LogP contribution < -0.4 is 0 Å². The summed E-state index contributed by atoms with van der Waals surface area (Å²) in [5.74, 6) is 1.36. The standard InChI is InChI=1S/C32H30FN7O/c33-26-14-12-25(13-15-26)32(16-17-32)28-21-40(38-35-28)20-23-9-4-5-11-27(23)31(41)39-18-6-10-24(19-39)30-34-29(36-37-30)22-7-2-1-3-8-22/h1-5,7-9,11-15,21,24H,6,10,16-20H2,(H,34,36,37). The molecule has 1 saturated heterocycles. The maximum absolute atomic E-state index is 13.8. The van der Waals surface area contributed by atoms with E-state index in [0.717, 1.165) is 53.9 Å². The number of benzene rings is 3. The molecule has 1 saturated carbocycles. The third-order valence-electron chi connectivity index (χ3n) is 8.39. The molecule has 1 N–H and O–H groups in total. The van der Waals surface area contributed by atoms with Gasteiger partial charge in [0.15, 0.2) is 5.82 Å². The van der Waals surface area contributed by atoms with Crippen molar-refractivity contribution in [1.82, 2.24) is 35.1 Å². The number of hydrogen-bond acceptors (Lipinski definition) is 5. The average molecular weight is 548 g/mol. The SMILES string of the molecule is O=C(c1ccccc1Cn1cc(C2(c3ccc(F)cc3)CC2)nn1)N1CCCC(c2nc(-c3ccccc3)n[nH]2)C1. The number of aromatic amines is 1. The molecule has 2 aromatic heterocycles. The second kappa shape index (κ2) is 10.4. The lowest BCUT2D eigenvalue weighted by atomic mass is 9.93. The lowest BCUT2D eigenvalue weighted by molar-refractivity contribution is 0.0703. The molecule has 3 heterocycles. The predicted octanol–water partition coefficient (Wildman–Crippen LogP) is 5.35. The zero-order valence-electron chi connectivity index (χ0n) is 22.6. The van der Waals surface area contributed by atoms with Gasteiger partial charge in [0.25, 0.3) is 5.91 Å². The van der Waals surface area contributed by atoms with E-state index in [0.29, 0.717) is 31.0 Å². The topological polar surface area (TPSA) is 92.6 Å². The largest absolute Gasteiger partial charge is 0.338 e. The number of carbonyl (C=O) groups is 1. The lowest BCUT2D eigenvalue weighted by Crippen LogP contribution is -2.39. The molecule has 1 aliphatic carbocycles. The Morgan fingerprint density at radius 2 is 1.78 bits per heavy atom. The fourth-order valence-electron chi connectivity index (χ4n) is 5.95. The molecule has 2 aliphatic rings. The van der Waals surface area contributed by atoms with Crippen molar-refractivity contribution < 1.29 is 9.18 Å². The summed E-state index contributed by atoms with van der Waals surface area (Å²) in [6.07, 6.45) is 5.73. The third kappa shape index (κ3) is 4.92. The quantitative estimate of drug-likeness (QED) is 0.297. The first kappa shape index (κ1) is 25.3. The first-order valence-electron chi connectivity index (χ1n) is 14.1. The average Bonchev–Trinajstić information content (AvgIpc) is 3.43. The number of piperidine rings is 1. The molecule has 0 bridgehead atoms. The van der Waals surface area contributed by atoms with Crippen LogP contribution in [0, 0.1) is 5.82 Å². The van der Waals surface area contributed by atoms with Gasteiger partial charge in [0.2, 0.25) is 0 Å². The van der Waals surface area contributed by atoms with Crippen LogP contribution in [-0.4, -0.2) is 54.1 Å². The molecule has 1 amide bonds. The molecular weight excluding hydrogens is 517 g/mol. The summed E-state index contributed by atoms with van der Waals surface area (Å²) in [5.41, 5.74) is 4.28. The highest BCUT2D eigenvalue weighted by Gasteiger charge is 2.48. The first-order valence-corrected chi connectivity index (χ1v) is 14.1. The second-order valence-corrected chi connectivity index (χ2v) is 11.0. The summed E-state index contributed by atoms with van der Waals surface area (Å²) < 4.78 is 15.3. The molecular formula is C32H30FN7O. The molecule has 41 heavy (non-hydrogen) atoms. The summed E-state index contributed by atoms with van der Waals surface area (Å²) in [5, 5.41) is 16.4. The number of rotatable bonds is 7. The van der Waals surface area contributed by atoms with Gasteiger partial charge < -0.3 is 4.90 Å². The van der Waals surface area contributed by atoms with Crippen LogP contribution in [0.3, 0.4) is 0 Å². The minimum Gasteiger partial charge on any atom is -0.338 e. The number of halogens is 1. The van der Waals surface area contributed by atoms with E-state index in [1.165, 1.54) is 12.1 Å². The van der Waals surface area contributed by atoms with Crippen LogP contribution in [0.5, 0.6) is 0 Å². The van der Waals surface area contributed by atoms with Gasteiger partial charge in [0, 0.05) is 41.7 Å². The van der Waals surface area contributed by atoms with E-state index in [1.807, 2.05) is 77.8 Å². The first-order chi connectivity index (χ1) is 20.1. The molecule has 0 radical (unpaired) electrons. The fourth-order valence-corrected chi connectivity index (χ4v) is 5.95. The van der Waals surface area contributed by atoms with Crippen molar-refractivity contribution in [2.24, 2.45) is 0 Å². The van der Waals surface area contributed by atoms with Gasteiger partial charge in [-0.05, 0) is 55.0 Å². The van der Waals surface area contributed by atoms with Gasteiger partial charge in [-0.3, -0.25) is 9.89 Å². The van der Waals surface area contributed by atoms with Crippen LogP contribution in [0.1, 0.15) is 64.6 Å². The Morgan fingerprint density at radius 3 is 2.59 bits per heavy atom. The van der Waals surface area contributed by atoms with Crippen LogP contribution in [0.4, 0.5) is 4.39 Å². The summed E-state index contributed by atoms with van der Waals surface area (Å²) in [7, 11) is 0. The van der Waals surface area contributed by atoms with E-state index in [-0.39, 0.29) is 23.1 Å². The monoisotopic (exact) mass is 547 g/mol. The minimum absolute atomic E-state index is 0.0124.